The van der Waals surface area contributed by atoms with Crippen molar-refractivity contribution in [1.29, 1.82) is 0 Å². The maximum Gasteiger partial charge on any atom is 0.146 e. The number of aryl methyl sites for hydroxylation is 2. The fourth-order valence-corrected chi connectivity index (χ4v) is 3.42. The second-order valence-electron chi connectivity index (χ2n) is 8.44. The molecule has 0 radical (unpaired) electrons. The van der Waals surface area contributed by atoms with Gasteiger partial charge in [0.2, 0.25) is 0 Å². The van der Waals surface area contributed by atoms with Gasteiger partial charge in [-0.2, -0.15) is 5.10 Å². The van der Waals surface area contributed by atoms with Crippen molar-refractivity contribution in [2.75, 3.05) is 17.3 Å². The van der Waals surface area contributed by atoms with Crippen LogP contribution in [0, 0.1) is 19.7 Å². The average molecular weight is 461 g/mol. The van der Waals surface area contributed by atoms with Crippen molar-refractivity contribution >= 4 is 17.2 Å². The van der Waals surface area contributed by atoms with Crippen molar-refractivity contribution in [1.82, 2.24) is 4.98 Å². The van der Waals surface area contributed by atoms with Gasteiger partial charge in [0, 0.05) is 35.3 Å². The van der Waals surface area contributed by atoms with Gasteiger partial charge < -0.3 is 5.32 Å². The first-order chi connectivity index (χ1) is 16.2. The highest BCUT2D eigenvalue weighted by Gasteiger charge is 2.12. The summed E-state index contributed by atoms with van der Waals surface area (Å²) in [6.07, 6.45) is 3.91. The lowest BCUT2D eigenvalue weighted by molar-refractivity contribution is 0.631. The summed E-state index contributed by atoms with van der Waals surface area (Å²) in [6, 6.07) is 13.4. The van der Waals surface area contributed by atoms with Crippen LogP contribution in [0.4, 0.5) is 15.9 Å². The van der Waals surface area contributed by atoms with E-state index in [2.05, 4.69) is 39.0 Å². The number of hydrogen-bond donors (Lipinski definition) is 2. The first kappa shape index (κ1) is 26.8. The quantitative estimate of drug-likeness (QED) is 0.211. The van der Waals surface area contributed by atoms with Crippen molar-refractivity contribution in [3.05, 3.63) is 77.3 Å². The Balaban J connectivity index is 0.00000199. The van der Waals surface area contributed by atoms with Crippen molar-refractivity contribution in [3.63, 3.8) is 0 Å². The van der Waals surface area contributed by atoms with Crippen molar-refractivity contribution in [2.24, 2.45) is 5.10 Å². The number of pyridine rings is 1. The fourth-order valence-electron chi connectivity index (χ4n) is 3.42. The van der Waals surface area contributed by atoms with E-state index in [1.165, 1.54) is 5.57 Å². The first-order valence-corrected chi connectivity index (χ1v) is 11.8. The minimum atomic E-state index is -0.230. The highest BCUT2D eigenvalue weighted by atomic mass is 19.1. The molecule has 0 atom stereocenters. The van der Waals surface area contributed by atoms with Gasteiger partial charge in [-0.3, -0.25) is 5.43 Å². The zero-order valence-electron chi connectivity index (χ0n) is 21.7. The number of allylic oxidation sites excluding steroid dienone is 1. The number of nitrogens with one attached hydrogen (secondary N) is 2. The van der Waals surface area contributed by atoms with Crippen LogP contribution in [-0.2, 0) is 0 Å². The Morgan fingerprint density at radius 2 is 1.59 bits per heavy atom. The Morgan fingerprint density at radius 1 is 0.912 bits per heavy atom. The molecule has 180 valence electrons. The largest absolute Gasteiger partial charge is 0.381 e. The fraction of sp³-hybridized carbons (Fsp3) is 0.310. The molecular weight excluding hydrogens is 423 g/mol. The van der Waals surface area contributed by atoms with Crippen LogP contribution in [0.25, 0.3) is 22.3 Å². The molecule has 0 bridgehead atoms. The Bertz CT molecular complexity index is 1150. The zero-order valence-corrected chi connectivity index (χ0v) is 21.7. The molecule has 3 aromatic rings. The summed E-state index contributed by atoms with van der Waals surface area (Å²) in [5.74, 6) is 0.465. The molecule has 1 heterocycles. The van der Waals surface area contributed by atoms with E-state index >= 15 is 0 Å². The number of aromatic nitrogens is 1. The molecular formula is C29H37FN4. The van der Waals surface area contributed by atoms with E-state index < -0.39 is 0 Å². The first-order valence-electron chi connectivity index (χ1n) is 11.8. The summed E-state index contributed by atoms with van der Waals surface area (Å²) in [5.41, 5.74) is 11.6. The number of halogens is 1. The van der Waals surface area contributed by atoms with E-state index in [1.807, 2.05) is 85.9 Å². The molecule has 0 unspecified atom stereocenters. The van der Waals surface area contributed by atoms with Crippen LogP contribution in [0.1, 0.15) is 52.7 Å². The standard InChI is InChI=1S/C27H31FN4.C2H6/c1-17(2)11-12-29-22-8-9-23(26(28)15-22)25-14-19(5)24(13-20(25)6)21-7-10-27(30-16-21)32-31-18(3)4;1-2/h7-11,13-16,29H,12H2,1-6H3,(H,30,32);1-2H3. The van der Waals surface area contributed by atoms with Crippen molar-refractivity contribution in [3.8, 4) is 22.3 Å². The summed E-state index contributed by atoms with van der Waals surface area (Å²) in [7, 11) is 0. The number of anilines is 2. The predicted octanol–water partition coefficient (Wildman–Crippen LogP) is 8.38. The Labute approximate surface area is 204 Å². The molecule has 4 nitrogen and oxygen atoms in total. The summed E-state index contributed by atoms with van der Waals surface area (Å²) in [5, 5.41) is 7.41. The minimum Gasteiger partial charge on any atom is -0.381 e. The molecule has 2 N–H and O–H groups in total. The molecule has 0 saturated carbocycles. The molecule has 0 aliphatic heterocycles. The van der Waals surface area contributed by atoms with E-state index in [1.54, 1.807) is 6.07 Å². The summed E-state index contributed by atoms with van der Waals surface area (Å²) >= 11 is 0. The Morgan fingerprint density at radius 3 is 2.18 bits per heavy atom. The highest BCUT2D eigenvalue weighted by Crippen LogP contribution is 2.34. The second-order valence-corrected chi connectivity index (χ2v) is 8.44. The van der Waals surface area contributed by atoms with Crippen LogP contribution in [-0.4, -0.2) is 17.2 Å². The third-order valence-corrected chi connectivity index (χ3v) is 5.12. The SMILES string of the molecule is CC.CC(C)=CCNc1ccc(-c2cc(C)c(-c3ccc(NN=C(C)C)nc3)cc2C)c(F)c1. The third-order valence-electron chi connectivity index (χ3n) is 5.12. The molecule has 2 aromatic carbocycles. The number of hydrogen-bond acceptors (Lipinski definition) is 4. The molecule has 0 aliphatic rings. The number of hydrazone groups is 1. The summed E-state index contributed by atoms with van der Waals surface area (Å²) in [6.45, 7) is 16.7. The van der Waals surface area contributed by atoms with E-state index in [9.17, 15) is 4.39 Å². The molecule has 0 amide bonds. The molecule has 1 aromatic heterocycles. The number of benzene rings is 2. The van der Waals surface area contributed by atoms with Gasteiger partial charge in [-0.1, -0.05) is 37.6 Å². The molecule has 0 fully saturated rings. The average Bonchev–Trinajstić information content (AvgIpc) is 2.81. The predicted molar refractivity (Wildman–Crippen MR) is 146 cm³/mol. The smallest absolute Gasteiger partial charge is 0.146 e. The van der Waals surface area contributed by atoms with E-state index in [0.29, 0.717) is 17.9 Å². The summed E-state index contributed by atoms with van der Waals surface area (Å²) in [4.78, 5) is 4.45. The van der Waals surface area contributed by atoms with Crippen LogP contribution < -0.4 is 10.7 Å². The van der Waals surface area contributed by atoms with Gasteiger partial charge in [-0.15, -0.1) is 0 Å². The monoisotopic (exact) mass is 460 g/mol. The summed E-state index contributed by atoms with van der Waals surface area (Å²) < 4.78 is 14.9. The van der Waals surface area contributed by atoms with E-state index in [-0.39, 0.29) is 5.82 Å². The van der Waals surface area contributed by atoms with Gasteiger partial charge in [-0.25, -0.2) is 9.37 Å². The van der Waals surface area contributed by atoms with Gasteiger partial charge in [0.05, 0.1) is 0 Å². The Kier molecular flexibility index (Phi) is 9.99. The highest BCUT2D eigenvalue weighted by molar-refractivity contribution is 5.80. The normalized spacial score (nSPS) is 10.0. The van der Waals surface area contributed by atoms with Crippen molar-refractivity contribution in [2.45, 2.75) is 55.4 Å². The number of nitrogens with zero attached hydrogens (tertiary/aromatic N) is 2. The maximum atomic E-state index is 14.9. The lowest BCUT2D eigenvalue weighted by Gasteiger charge is -2.14. The van der Waals surface area contributed by atoms with Crippen LogP contribution in [0.2, 0.25) is 0 Å². The number of rotatable bonds is 7. The lowest BCUT2D eigenvalue weighted by Crippen LogP contribution is -2.00. The van der Waals surface area contributed by atoms with Crippen molar-refractivity contribution < 1.29 is 4.39 Å². The molecule has 34 heavy (non-hydrogen) atoms. The molecule has 3 rings (SSSR count). The topological polar surface area (TPSA) is 49.3 Å². The minimum absolute atomic E-state index is 0.230. The van der Waals surface area contributed by atoms with Crippen LogP contribution >= 0.6 is 0 Å². The zero-order chi connectivity index (χ0) is 25.3. The van der Waals surface area contributed by atoms with Crippen LogP contribution in [0.15, 0.2) is 65.4 Å². The van der Waals surface area contributed by atoms with Gasteiger partial charge in [0.1, 0.15) is 11.6 Å². The molecule has 0 spiro atoms. The van der Waals surface area contributed by atoms with Gasteiger partial charge >= 0.3 is 0 Å². The maximum absolute atomic E-state index is 14.9. The second kappa shape index (κ2) is 12.7. The van der Waals surface area contributed by atoms with E-state index in [4.69, 9.17) is 0 Å². The molecule has 5 heteroatoms. The van der Waals surface area contributed by atoms with Gasteiger partial charge in [0.25, 0.3) is 0 Å². The van der Waals surface area contributed by atoms with Crippen LogP contribution in [0.5, 0.6) is 0 Å². The van der Waals surface area contributed by atoms with Crippen LogP contribution in [0.3, 0.4) is 0 Å². The molecule has 0 saturated heterocycles. The van der Waals surface area contributed by atoms with E-state index in [0.717, 1.165) is 39.2 Å². The van der Waals surface area contributed by atoms with Gasteiger partial charge in [-0.05, 0) is 94.1 Å². The Hall–Kier alpha value is -3.47. The van der Waals surface area contributed by atoms with Gasteiger partial charge in [0.15, 0.2) is 0 Å². The lowest BCUT2D eigenvalue weighted by atomic mass is 9.92. The molecule has 0 aliphatic carbocycles. The third kappa shape index (κ3) is 7.27.